The maximum absolute atomic E-state index is 10.6. The van der Waals surface area contributed by atoms with Crippen LogP contribution in [0, 0.1) is 34.5 Å². The van der Waals surface area contributed by atoms with Gasteiger partial charge in [-0.25, -0.2) is 0 Å². The van der Waals surface area contributed by atoms with Gasteiger partial charge < -0.3 is 9.84 Å². The summed E-state index contributed by atoms with van der Waals surface area (Å²) in [7, 11) is 0. The van der Waals surface area contributed by atoms with Crippen LogP contribution in [0.2, 0.25) is 0 Å². The van der Waals surface area contributed by atoms with E-state index in [1.54, 1.807) is 0 Å². The summed E-state index contributed by atoms with van der Waals surface area (Å²) in [4.78, 5) is 0. The zero-order valence-electron chi connectivity index (χ0n) is 19.4. The third kappa shape index (κ3) is 4.04. The van der Waals surface area contributed by atoms with Crippen molar-refractivity contribution in [1.82, 2.24) is 0 Å². The number of allylic oxidation sites excluding steroid dienone is 2. The van der Waals surface area contributed by atoms with E-state index in [2.05, 4.69) is 26.8 Å². The van der Waals surface area contributed by atoms with E-state index < -0.39 is 0 Å². The van der Waals surface area contributed by atoms with Crippen LogP contribution in [0.1, 0.15) is 111 Å². The fourth-order valence-corrected chi connectivity index (χ4v) is 8.01. The molecule has 7 atom stereocenters. The number of aliphatic hydroxyl groups is 1. The van der Waals surface area contributed by atoms with Crippen LogP contribution >= 0.6 is 0 Å². The van der Waals surface area contributed by atoms with Crippen LogP contribution in [0.4, 0.5) is 0 Å². The number of unbranched alkanes of at least 4 members (excludes halogenated alkanes) is 5. The first-order valence-corrected chi connectivity index (χ1v) is 13.0. The van der Waals surface area contributed by atoms with Crippen molar-refractivity contribution in [1.29, 1.82) is 0 Å². The Morgan fingerprint density at radius 1 is 0.897 bits per heavy atom. The normalized spacial score (nSPS) is 43.9. The van der Waals surface area contributed by atoms with Crippen molar-refractivity contribution in [3.63, 3.8) is 0 Å². The standard InChI is InChI=1S/C27H46O2/c1-4-5-6-7-8-9-18-29-21-14-16-26(2)20(19-21)10-11-22-23-12-13-25(28)27(23,3)17-15-24(22)26/h19-20,22-25,28H,4-18H2,1-3H3/t20-,22-,23-,24-,25-,26-,27-/m0/s1. The molecule has 166 valence electrons. The number of hydrogen-bond acceptors (Lipinski definition) is 2. The van der Waals surface area contributed by atoms with E-state index in [1.165, 1.54) is 82.8 Å². The number of ether oxygens (including phenoxy) is 1. The molecular formula is C27H46O2. The molecule has 0 aromatic heterocycles. The fourth-order valence-electron chi connectivity index (χ4n) is 8.01. The fraction of sp³-hybridized carbons (Fsp3) is 0.926. The van der Waals surface area contributed by atoms with E-state index in [0.29, 0.717) is 11.3 Å². The van der Waals surface area contributed by atoms with Gasteiger partial charge in [0.2, 0.25) is 0 Å². The molecule has 1 N–H and O–H groups in total. The lowest BCUT2D eigenvalue weighted by Gasteiger charge is -2.59. The predicted octanol–water partition coefficient (Wildman–Crippen LogP) is 7.26. The lowest BCUT2D eigenvalue weighted by molar-refractivity contribution is -0.107. The Hall–Kier alpha value is -0.500. The quantitative estimate of drug-likeness (QED) is 0.433. The first kappa shape index (κ1) is 21.7. The summed E-state index contributed by atoms with van der Waals surface area (Å²) in [6, 6.07) is 0. The van der Waals surface area contributed by atoms with E-state index in [-0.39, 0.29) is 11.5 Å². The Kier molecular flexibility index (Phi) is 6.69. The lowest BCUT2D eigenvalue weighted by atomic mass is 9.46. The Balaban J connectivity index is 1.33. The van der Waals surface area contributed by atoms with Gasteiger partial charge in [-0.2, -0.15) is 0 Å². The largest absolute Gasteiger partial charge is 0.498 e. The second kappa shape index (κ2) is 8.93. The summed E-state index contributed by atoms with van der Waals surface area (Å²) in [5.41, 5.74) is 0.672. The number of aliphatic hydroxyl groups excluding tert-OH is 1. The molecule has 3 fully saturated rings. The zero-order valence-corrected chi connectivity index (χ0v) is 19.4. The molecule has 2 nitrogen and oxygen atoms in total. The molecule has 0 aliphatic heterocycles. The molecule has 4 aliphatic rings. The summed E-state index contributed by atoms with van der Waals surface area (Å²) in [5, 5.41) is 10.6. The van der Waals surface area contributed by atoms with Crippen LogP contribution in [0.25, 0.3) is 0 Å². The van der Waals surface area contributed by atoms with Crippen LogP contribution in [0.5, 0.6) is 0 Å². The van der Waals surface area contributed by atoms with Crippen LogP contribution in [0.3, 0.4) is 0 Å². The van der Waals surface area contributed by atoms with Crippen molar-refractivity contribution in [3.05, 3.63) is 11.8 Å². The van der Waals surface area contributed by atoms with Gasteiger partial charge in [-0.3, -0.25) is 0 Å². The average Bonchev–Trinajstić information content (AvgIpc) is 3.02. The van der Waals surface area contributed by atoms with E-state index in [9.17, 15) is 5.11 Å². The second-order valence-electron chi connectivity index (χ2n) is 11.5. The van der Waals surface area contributed by atoms with Gasteiger partial charge >= 0.3 is 0 Å². The molecule has 2 heteroatoms. The van der Waals surface area contributed by atoms with Crippen molar-refractivity contribution in [2.75, 3.05) is 6.61 Å². The van der Waals surface area contributed by atoms with Crippen molar-refractivity contribution in [3.8, 4) is 0 Å². The molecule has 0 aromatic carbocycles. The van der Waals surface area contributed by atoms with Crippen LogP contribution in [-0.2, 0) is 4.74 Å². The van der Waals surface area contributed by atoms with Crippen molar-refractivity contribution >= 4 is 0 Å². The smallest absolute Gasteiger partial charge is 0.0923 e. The summed E-state index contributed by atoms with van der Waals surface area (Å²) >= 11 is 0. The number of hydrogen-bond donors (Lipinski definition) is 1. The van der Waals surface area contributed by atoms with Crippen molar-refractivity contribution < 1.29 is 9.84 Å². The molecule has 0 amide bonds. The highest BCUT2D eigenvalue weighted by atomic mass is 16.5. The number of fused-ring (bicyclic) bond motifs is 5. The van der Waals surface area contributed by atoms with Gasteiger partial charge in [0.15, 0.2) is 0 Å². The Bertz CT molecular complexity index is 583. The third-order valence-corrected chi connectivity index (χ3v) is 9.97. The molecular weight excluding hydrogens is 356 g/mol. The molecule has 0 spiro atoms. The van der Waals surface area contributed by atoms with Crippen molar-refractivity contribution in [2.45, 2.75) is 117 Å². The van der Waals surface area contributed by atoms with Crippen LogP contribution in [0.15, 0.2) is 11.8 Å². The highest BCUT2D eigenvalue weighted by molar-refractivity contribution is 5.15. The highest BCUT2D eigenvalue weighted by Gasteiger charge is 2.59. The Morgan fingerprint density at radius 2 is 1.66 bits per heavy atom. The van der Waals surface area contributed by atoms with Gasteiger partial charge in [-0.15, -0.1) is 0 Å². The Labute approximate surface area is 179 Å². The molecule has 0 radical (unpaired) electrons. The summed E-state index contributed by atoms with van der Waals surface area (Å²) in [6.45, 7) is 8.20. The molecule has 0 unspecified atom stereocenters. The first-order valence-electron chi connectivity index (χ1n) is 13.0. The minimum Gasteiger partial charge on any atom is -0.498 e. The van der Waals surface area contributed by atoms with Gasteiger partial charge in [0.05, 0.1) is 18.5 Å². The zero-order chi connectivity index (χ0) is 20.5. The van der Waals surface area contributed by atoms with Crippen LogP contribution < -0.4 is 0 Å². The van der Waals surface area contributed by atoms with Crippen LogP contribution in [-0.4, -0.2) is 17.8 Å². The van der Waals surface area contributed by atoms with Gasteiger partial charge in [0.1, 0.15) is 0 Å². The minimum absolute atomic E-state index is 0.0489. The van der Waals surface area contributed by atoms with Gasteiger partial charge in [0.25, 0.3) is 0 Å². The SMILES string of the molecule is CCCCCCCCOC1=C[C@@H]2CC[C@@H]3[C@H](CC[C@]4(C)[C@@H](O)CC[C@@H]34)[C@@]2(C)CC1. The molecule has 0 heterocycles. The highest BCUT2D eigenvalue weighted by Crippen LogP contribution is 2.65. The monoisotopic (exact) mass is 402 g/mol. The summed E-state index contributed by atoms with van der Waals surface area (Å²) in [5.74, 6) is 4.50. The van der Waals surface area contributed by atoms with Gasteiger partial charge in [-0.05, 0) is 91.9 Å². The topological polar surface area (TPSA) is 29.5 Å². The average molecular weight is 403 g/mol. The second-order valence-corrected chi connectivity index (χ2v) is 11.5. The number of rotatable bonds is 8. The summed E-state index contributed by atoms with van der Waals surface area (Å²) in [6.07, 6.45) is 20.6. The van der Waals surface area contributed by atoms with E-state index in [4.69, 9.17) is 4.74 Å². The molecule has 0 saturated heterocycles. The molecule has 0 aromatic rings. The van der Waals surface area contributed by atoms with E-state index >= 15 is 0 Å². The molecule has 0 bridgehead atoms. The molecule has 3 saturated carbocycles. The maximum Gasteiger partial charge on any atom is 0.0923 e. The molecule has 4 rings (SSSR count). The van der Waals surface area contributed by atoms with Gasteiger partial charge in [-0.1, -0.05) is 52.9 Å². The Morgan fingerprint density at radius 3 is 2.48 bits per heavy atom. The van der Waals surface area contributed by atoms with Gasteiger partial charge in [0, 0.05) is 6.42 Å². The lowest BCUT2D eigenvalue weighted by Crippen LogP contribution is -2.53. The summed E-state index contributed by atoms with van der Waals surface area (Å²) < 4.78 is 6.25. The van der Waals surface area contributed by atoms with E-state index in [0.717, 1.165) is 37.2 Å². The minimum atomic E-state index is -0.0489. The third-order valence-electron chi connectivity index (χ3n) is 9.97. The predicted molar refractivity (Wildman–Crippen MR) is 121 cm³/mol. The van der Waals surface area contributed by atoms with E-state index in [1.807, 2.05) is 0 Å². The maximum atomic E-state index is 10.6. The molecule has 4 aliphatic carbocycles. The first-order chi connectivity index (χ1) is 14.0. The molecule has 29 heavy (non-hydrogen) atoms. The van der Waals surface area contributed by atoms with Crippen molar-refractivity contribution in [2.24, 2.45) is 34.5 Å².